The average molecular weight is 433 g/mol. The first kappa shape index (κ1) is 21.4. The van der Waals surface area contributed by atoms with Crippen LogP contribution >= 0.6 is 11.8 Å². The summed E-state index contributed by atoms with van der Waals surface area (Å²) in [5, 5.41) is 3.91. The van der Waals surface area contributed by atoms with Crippen LogP contribution in [0.25, 0.3) is 0 Å². The van der Waals surface area contributed by atoms with Crippen molar-refractivity contribution in [3.8, 4) is 0 Å². The molecule has 0 spiro atoms. The Morgan fingerprint density at radius 3 is 2.55 bits per heavy atom. The summed E-state index contributed by atoms with van der Waals surface area (Å²) in [4.78, 5) is 24.2. The van der Waals surface area contributed by atoms with E-state index in [-0.39, 0.29) is 5.91 Å². The number of nitrogens with zero attached hydrogens (tertiary/aromatic N) is 3. The molecular weight excluding hydrogens is 404 g/mol. The van der Waals surface area contributed by atoms with Gasteiger partial charge in [0.15, 0.2) is 5.16 Å². The van der Waals surface area contributed by atoms with Crippen molar-refractivity contribution >= 4 is 29.0 Å². The van der Waals surface area contributed by atoms with E-state index in [4.69, 9.17) is 0 Å². The van der Waals surface area contributed by atoms with E-state index >= 15 is 0 Å². The molecule has 0 saturated carbocycles. The zero-order chi connectivity index (χ0) is 21.8. The first-order chi connectivity index (χ1) is 15.0. The molecule has 0 aliphatic carbocycles. The van der Waals surface area contributed by atoms with Gasteiger partial charge in [0.2, 0.25) is 5.91 Å². The topological polar surface area (TPSA) is 58.1 Å². The molecule has 1 amide bonds. The molecular formula is C25H28N4OS. The molecule has 31 heavy (non-hydrogen) atoms. The summed E-state index contributed by atoms with van der Waals surface area (Å²) in [6, 6.07) is 16.7. The Bertz CT molecular complexity index is 1080. The molecule has 0 unspecified atom stereocenters. The summed E-state index contributed by atoms with van der Waals surface area (Å²) in [5.41, 5.74) is 7.69. The highest BCUT2D eigenvalue weighted by Gasteiger charge is 2.19. The number of hydrogen-bond donors (Lipinski definition) is 1. The molecule has 0 atom stereocenters. The average Bonchev–Trinajstić information content (AvgIpc) is 3.17. The van der Waals surface area contributed by atoms with Crippen LogP contribution < -0.4 is 10.2 Å². The van der Waals surface area contributed by atoms with Crippen LogP contribution in [0.15, 0.2) is 53.7 Å². The van der Waals surface area contributed by atoms with Crippen LogP contribution in [0.1, 0.15) is 34.5 Å². The highest BCUT2D eigenvalue weighted by atomic mass is 32.2. The molecule has 1 aliphatic heterocycles. The first-order valence-electron chi connectivity index (χ1n) is 10.6. The smallest absolute Gasteiger partial charge is 0.224 e. The fraction of sp³-hybridized carbons (Fsp3) is 0.320. The zero-order valence-corrected chi connectivity index (χ0v) is 19.1. The standard InChI is InChI=1S/C25H28N4OS/c1-17-21(18(2)27-25(26-17)31-3)12-13-24(30)28-22-10-6-4-9-20(22)16-29-15-14-19-8-5-7-11-23(19)29/h4-11H,12-16H2,1-3H3,(H,28,30). The largest absolute Gasteiger partial charge is 0.367 e. The fourth-order valence-electron chi connectivity index (χ4n) is 4.17. The Labute approximate surface area is 188 Å². The van der Waals surface area contributed by atoms with Gasteiger partial charge in [-0.05, 0) is 61.8 Å². The number of aromatic nitrogens is 2. The van der Waals surface area contributed by atoms with Gasteiger partial charge in [-0.1, -0.05) is 48.2 Å². The van der Waals surface area contributed by atoms with E-state index in [2.05, 4.69) is 50.5 Å². The summed E-state index contributed by atoms with van der Waals surface area (Å²) in [6.45, 7) is 5.78. The molecule has 0 radical (unpaired) electrons. The lowest BCUT2D eigenvalue weighted by Crippen LogP contribution is -2.21. The van der Waals surface area contributed by atoms with Gasteiger partial charge in [-0.2, -0.15) is 0 Å². The van der Waals surface area contributed by atoms with Crippen molar-refractivity contribution in [3.05, 3.63) is 76.6 Å². The zero-order valence-electron chi connectivity index (χ0n) is 18.3. The number of aryl methyl sites for hydroxylation is 2. The van der Waals surface area contributed by atoms with Crippen LogP contribution in [0.3, 0.4) is 0 Å². The minimum atomic E-state index is 0.0158. The number of thioether (sulfide) groups is 1. The van der Waals surface area contributed by atoms with Gasteiger partial charge in [0, 0.05) is 42.3 Å². The van der Waals surface area contributed by atoms with Crippen molar-refractivity contribution < 1.29 is 4.79 Å². The molecule has 160 valence electrons. The molecule has 4 rings (SSSR count). The van der Waals surface area contributed by atoms with Crippen molar-refractivity contribution in [1.29, 1.82) is 0 Å². The van der Waals surface area contributed by atoms with Crippen molar-refractivity contribution in [2.24, 2.45) is 0 Å². The summed E-state index contributed by atoms with van der Waals surface area (Å²) < 4.78 is 0. The lowest BCUT2D eigenvalue weighted by molar-refractivity contribution is -0.116. The number of fused-ring (bicyclic) bond motifs is 1. The van der Waals surface area contributed by atoms with E-state index < -0.39 is 0 Å². The monoisotopic (exact) mass is 432 g/mol. The normalized spacial score (nSPS) is 12.7. The Morgan fingerprint density at radius 2 is 1.77 bits per heavy atom. The van der Waals surface area contributed by atoms with Crippen molar-refractivity contribution in [1.82, 2.24) is 9.97 Å². The van der Waals surface area contributed by atoms with Gasteiger partial charge >= 0.3 is 0 Å². The second-order valence-electron chi connectivity index (χ2n) is 7.87. The van der Waals surface area contributed by atoms with Gasteiger partial charge in [-0.3, -0.25) is 4.79 Å². The van der Waals surface area contributed by atoms with Crippen LogP contribution in [0.4, 0.5) is 11.4 Å². The third-order valence-electron chi connectivity index (χ3n) is 5.82. The molecule has 3 aromatic rings. The number of para-hydroxylation sites is 2. The Balaban J connectivity index is 1.42. The summed E-state index contributed by atoms with van der Waals surface area (Å²) in [7, 11) is 0. The Morgan fingerprint density at radius 1 is 1.06 bits per heavy atom. The number of anilines is 2. The van der Waals surface area contributed by atoms with Gasteiger partial charge in [0.25, 0.3) is 0 Å². The number of nitrogens with one attached hydrogen (secondary N) is 1. The third-order valence-corrected chi connectivity index (χ3v) is 6.37. The molecule has 6 heteroatoms. The van der Waals surface area contributed by atoms with Gasteiger partial charge < -0.3 is 10.2 Å². The molecule has 1 aliphatic rings. The Hall–Kier alpha value is -2.86. The minimum absolute atomic E-state index is 0.0158. The van der Waals surface area contributed by atoms with Crippen LogP contribution in [0, 0.1) is 13.8 Å². The van der Waals surface area contributed by atoms with Gasteiger partial charge in [0.1, 0.15) is 0 Å². The maximum atomic E-state index is 12.7. The fourth-order valence-corrected chi connectivity index (χ4v) is 4.63. The second-order valence-corrected chi connectivity index (χ2v) is 8.64. The van der Waals surface area contributed by atoms with Crippen molar-refractivity contribution in [2.45, 2.75) is 44.8 Å². The Kier molecular flexibility index (Phi) is 6.56. The van der Waals surface area contributed by atoms with E-state index in [1.54, 1.807) is 0 Å². The second kappa shape index (κ2) is 9.52. The number of carbonyl (C=O) groups excluding carboxylic acids is 1. The quantitative estimate of drug-likeness (QED) is 0.423. The van der Waals surface area contributed by atoms with Gasteiger partial charge in [-0.15, -0.1) is 0 Å². The molecule has 5 nitrogen and oxygen atoms in total. The lowest BCUT2D eigenvalue weighted by Gasteiger charge is -2.21. The van der Waals surface area contributed by atoms with Crippen molar-refractivity contribution in [2.75, 3.05) is 23.0 Å². The van der Waals surface area contributed by atoms with E-state index in [9.17, 15) is 4.79 Å². The van der Waals surface area contributed by atoms with Crippen LogP contribution in [-0.2, 0) is 24.2 Å². The van der Waals surface area contributed by atoms with Gasteiger partial charge in [0.05, 0.1) is 0 Å². The highest BCUT2D eigenvalue weighted by molar-refractivity contribution is 7.98. The first-order valence-corrected chi connectivity index (χ1v) is 11.9. The number of amides is 1. The SMILES string of the molecule is CSc1nc(C)c(CCC(=O)Nc2ccccc2CN2CCc3ccccc32)c(C)n1. The predicted molar refractivity (Wildman–Crippen MR) is 128 cm³/mol. The van der Waals surface area contributed by atoms with Gasteiger partial charge in [-0.25, -0.2) is 9.97 Å². The molecule has 0 saturated heterocycles. The molecule has 0 bridgehead atoms. The van der Waals surface area contributed by atoms with Crippen LogP contribution in [0.2, 0.25) is 0 Å². The molecule has 1 aromatic heterocycles. The van der Waals surface area contributed by atoms with Crippen LogP contribution in [-0.4, -0.2) is 28.7 Å². The minimum Gasteiger partial charge on any atom is -0.367 e. The molecule has 0 fully saturated rings. The van der Waals surface area contributed by atoms with E-state index in [0.29, 0.717) is 12.8 Å². The van der Waals surface area contributed by atoms with E-state index in [1.165, 1.54) is 23.0 Å². The highest BCUT2D eigenvalue weighted by Crippen LogP contribution is 2.30. The number of hydrogen-bond acceptors (Lipinski definition) is 5. The van der Waals surface area contributed by atoms with Crippen molar-refractivity contribution in [3.63, 3.8) is 0 Å². The third kappa shape index (κ3) is 4.90. The van der Waals surface area contributed by atoms with E-state index in [1.807, 2.05) is 38.3 Å². The number of carbonyl (C=O) groups is 1. The molecule has 1 N–H and O–H groups in total. The maximum absolute atomic E-state index is 12.7. The molecule has 2 aromatic carbocycles. The predicted octanol–water partition coefficient (Wildman–Crippen LogP) is 4.95. The number of rotatable bonds is 7. The molecule has 2 heterocycles. The summed E-state index contributed by atoms with van der Waals surface area (Å²) in [6.07, 6.45) is 4.09. The number of benzene rings is 2. The van der Waals surface area contributed by atoms with E-state index in [0.717, 1.165) is 52.9 Å². The van der Waals surface area contributed by atoms with Crippen LogP contribution in [0.5, 0.6) is 0 Å². The lowest BCUT2D eigenvalue weighted by atomic mass is 10.1. The maximum Gasteiger partial charge on any atom is 0.224 e. The summed E-state index contributed by atoms with van der Waals surface area (Å²) in [5.74, 6) is 0.0158. The summed E-state index contributed by atoms with van der Waals surface area (Å²) >= 11 is 1.54.